The molecule has 0 saturated carbocycles. The van der Waals surface area contributed by atoms with E-state index in [2.05, 4.69) is 11.8 Å². The molecule has 2 nitrogen and oxygen atoms in total. The van der Waals surface area contributed by atoms with Crippen molar-refractivity contribution >= 4 is 23.2 Å². The third-order valence-corrected chi connectivity index (χ3v) is 3.68. The minimum atomic E-state index is 0.576. The van der Waals surface area contributed by atoms with E-state index >= 15 is 0 Å². The lowest BCUT2D eigenvalue weighted by atomic mass is 10.2. The second-order valence-corrected chi connectivity index (χ2v) is 5.41. The fourth-order valence-electron chi connectivity index (χ4n) is 2.13. The summed E-state index contributed by atoms with van der Waals surface area (Å²) in [6, 6.07) is 5.40. The summed E-state index contributed by atoms with van der Waals surface area (Å²) in [4.78, 5) is 2.41. The van der Waals surface area contributed by atoms with Gasteiger partial charge in [-0.25, -0.2) is 0 Å². The highest BCUT2D eigenvalue weighted by Crippen LogP contribution is 2.32. The number of hydrogen-bond acceptors (Lipinski definition) is 2. The summed E-state index contributed by atoms with van der Waals surface area (Å²) in [6.07, 6.45) is 1.28. The van der Waals surface area contributed by atoms with E-state index in [9.17, 15) is 0 Å². The molecule has 4 heteroatoms. The van der Waals surface area contributed by atoms with Crippen LogP contribution in [0.1, 0.15) is 13.3 Å². The number of halogens is 2. The molecule has 0 amide bonds. The summed E-state index contributed by atoms with van der Waals surface area (Å²) in [7, 11) is 0. The van der Waals surface area contributed by atoms with Crippen LogP contribution in [0.3, 0.4) is 0 Å². The summed E-state index contributed by atoms with van der Waals surface area (Å²) in [5, 5.41) is 1.15. The predicted molar refractivity (Wildman–Crippen MR) is 72.2 cm³/mol. The van der Waals surface area contributed by atoms with Crippen molar-refractivity contribution in [2.24, 2.45) is 5.92 Å². The Morgan fingerprint density at radius 1 is 1.35 bits per heavy atom. The molecule has 0 radical (unpaired) electrons. The molecular formula is C13H17Cl2NO. The summed E-state index contributed by atoms with van der Waals surface area (Å²) >= 11 is 12.1. The molecule has 0 aromatic heterocycles. The van der Waals surface area contributed by atoms with Crippen LogP contribution in [0.2, 0.25) is 10.0 Å². The average Bonchev–Trinajstić information content (AvgIpc) is 2.69. The number of ether oxygens (including phenoxy) is 1. The molecule has 1 aromatic rings. The monoisotopic (exact) mass is 273 g/mol. The van der Waals surface area contributed by atoms with Gasteiger partial charge in [-0.2, -0.15) is 0 Å². The summed E-state index contributed by atoms with van der Waals surface area (Å²) in [5.41, 5.74) is 0. The summed E-state index contributed by atoms with van der Waals surface area (Å²) < 4.78 is 5.66. The number of nitrogens with zero attached hydrogens (tertiary/aromatic N) is 1. The molecule has 0 aliphatic carbocycles. The van der Waals surface area contributed by atoms with Crippen molar-refractivity contribution in [1.29, 1.82) is 0 Å². The number of likely N-dealkylation sites (tertiary alicyclic amines) is 1. The zero-order chi connectivity index (χ0) is 12.3. The number of para-hydroxylation sites is 1. The fourth-order valence-corrected chi connectivity index (χ4v) is 2.63. The van der Waals surface area contributed by atoms with Crippen LogP contribution < -0.4 is 4.74 Å². The Hall–Kier alpha value is -0.440. The van der Waals surface area contributed by atoms with Crippen LogP contribution in [0, 0.1) is 5.92 Å². The number of benzene rings is 1. The quantitative estimate of drug-likeness (QED) is 0.829. The molecule has 0 N–H and O–H groups in total. The van der Waals surface area contributed by atoms with E-state index in [-0.39, 0.29) is 0 Å². The van der Waals surface area contributed by atoms with E-state index < -0.39 is 0 Å². The molecule has 1 heterocycles. The van der Waals surface area contributed by atoms with Gasteiger partial charge in [0.25, 0.3) is 0 Å². The van der Waals surface area contributed by atoms with Crippen molar-refractivity contribution < 1.29 is 4.74 Å². The fraction of sp³-hybridized carbons (Fsp3) is 0.538. The summed E-state index contributed by atoms with van der Waals surface area (Å²) in [6.45, 7) is 6.19. The first-order valence-electron chi connectivity index (χ1n) is 5.96. The molecule has 1 fully saturated rings. The van der Waals surface area contributed by atoms with Crippen molar-refractivity contribution in [3.8, 4) is 5.75 Å². The molecule has 0 bridgehead atoms. The highest BCUT2D eigenvalue weighted by atomic mass is 35.5. The van der Waals surface area contributed by atoms with E-state index in [1.807, 2.05) is 6.07 Å². The lowest BCUT2D eigenvalue weighted by Crippen LogP contribution is -2.26. The molecule has 1 saturated heterocycles. The minimum Gasteiger partial charge on any atom is -0.489 e. The first-order valence-corrected chi connectivity index (χ1v) is 6.71. The van der Waals surface area contributed by atoms with Crippen LogP contribution in [0.15, 0.2) is 18.2 Å². The second-order valence-electron chi connectivity index (χ2n) is 4.59. The zero-order valence-corrected chi connectivity index (χ0v) is 11.5. The molecule has 1 aromatic carbocycles. The van der Waals surface area contributed by atoms with Gasteiger partial charge < -0.3 is 4.74 Å². The number of rotatable bonds is 4. The van der Waals surface area contributed by atoms with E-state index in [4.69, 9.17) is 27.9 Å². The highest BCUT2D eigenvalue weighted by Gasteiger charge is 2.18. The van der Waals surface area contributed by atoms with Gasteiger partial charge in [0.05, 0.1) is 10.0 Å². The molecule has 1 aliphatic heterocycles. The third-order valence-electron chi connectivity index (χ3n) is 3.08. The average molecular weight is 274 g/mol. The molecule has 2 rings (SSSR count). The van der Waals surface area contributed by atoms with Gasteiger partial charge in [0.15, 0.2) is 5.75 Å². The zero-order valence-electron chi connectivity index (χ0n) is 9.96. The third kappa shape index (κ3) is 3.51. The standard InChI is InChI=1S/C13H17Cl2NO/c1-10-5-6-16(9-10)7-8-17-13-11(14)3-2-4-12(13)15/h2-4,10H,5-9H2,1H3. The Labute approximate surface area is 112 Å². The van der Waals surface area contributed by atoms with Crippen LogP contribution in [0.5, 0.6) is 5.75 Å². The maximum atomic E-state index is 6.03. The number of hydrogen-bond donors (Lipinski definition) is 0. The molecule has 1 unspecified atom stereocenters. The van der Waals surface area contributed by atoms with Gasteiger partial charge in [-0.05, 0) is 31.0 Å². The van der Waals surface area contributed by atoms with Gasteiger partial charge in [-0.15, -0.1) is 0 Å². The van der Waals surface area contributed by atoms with Crippen molar-refractivity contribution in [1.82, 2.24) is 4.90 Å². The van der Waals surface area contributed by atoms with Crippen molar-refractivity contribution in [2.75, 3.05) is 26.2 Å². The van der Waals surface area contributed by atoms with Crippen LogP contribution in [-0.4, -0.2) is 31.1 Å². The Morgan fingerprint density at radius 2 is 2.06 bits per heavy atom. The van der Waals surface area contributed by atoms with Crippen molar-refractivity contribution in [3.63, 3.8) is 0 Å². The maximum absolute atomic E-state index is 6.03. The van der Waals surface area contributed by atoms with Crippen LogP contribution >= 0.6 is 23.2 Å². The van der Waals surface area contributed by atoms with Gasteiger partial charge in [0.1, 0.15) is 6.61 Å². The molecule has 1 aliphatic rings. The maximum Gasteiger partial charge on any atom is 0.156 e. The normalized spacial score (nSPS) is 20.8. The Kier molecular flexibility index (Phi) is 4.55. The minimum absolute atomic E-state index is 0.576. The second kappa shape index (κ2) is 5.94. The van der Waals surface area contributed by atoms with E-state index in [1.54, 1.807) is 12.1 Å². The first kappa shape index (κ1) is 13.0. The Balaban J connectivity index is 1.82. The van der Waals surface area contributed by atoms with Crippen molar-refractivity contribution in [3.05, 3.63) is 28.2 Å². The Morgan fingerprint density at radius 3 is 2.65 bits per heavy atom. The SMILES string of the molecule is CC1CCN(CCOc2c(Cl)cccc2Cl)C1. The van der Waals surface area contributed by atoms with E-state index in [0.29, 0.717) is 22.4 Å². The lowest BCUT2D eigenvalue weighted by Gasteiger charge is -2.16. The Bertz CT molecular complexity index is 363. The predicted octanol–water partition coefficient (Wildman–Crippen LogP) is 3.71. The molecule has 1 atom stereocenters. The molecule has 94 valence electrons. The largest absolute Gasteiger partial charge is 0.489 e. The highest BCUT2D eigenvalue weighted by molar-refractivity contribution is 6.37. The van der Waals surface area contributed by atoms with Gasteiger partial charge >= 0.3 is 0 Å². The van der Waals surface area contributed by atoms with Gasteiger partial charge in [0, 0.05) is 13.1 Å². The topological polar surface area (TPSA) is 12.5 Å². The lowest BCUT2D eigenvalue weighted by molar-refractivity contribution is 0.234. The summed E-state index contributed by atoms with van der Waals surface area (Å²) in [5.74, 6) is 1.40. The van der Waals surface area contributed by atoms with Gasteiger partial charge in [-0.3, -0.25) is 4.90 Å². The molecule has 17 heavy (non-hydrogen) atoms. The van der Waals surface area contributed by atoms with Crippen LogP contribution in [0.25, 0.3) is 0 Å². The molecular weight excluding hydrogens is 257 g/mol. The van der Waals surface area contributed by atoms with E-state index in [1.165, 1.54) is 19.5 Å². The van der Waals surface area contributed by atoms with Crippen molar-refractivity contribution in [2.45, 2.75) is 13.3 Å². The smallest absolute Gasteiger partial charge is 0.156 e. The van der Waals surface area contributed by atoms with Crippen LogP contribution in [0.4, 0.5) is 0 Å². The molecule has 0 spiro atoms. The van der Waals surface area contributed by atoms with Crippen LogP contribution in [-0.2, 0) is 0 Å². The first-order chi connectivity index (χ1) is 8.16. The van der Waals surface area contributed by atoms with Gasteiger partial charge in [0.2, 0.25) is 0 Å². The van der Waals surface area contributed by atoms with Gasteiger partial charge in [-0.1, -0.05) is 36.2 Å². The van der Waals surface area contributed by atoms with E-state index in [0.717, 1.165) is 12.5 Å².